The fourth-order valence-corrected chi connectivity index (χ4v) is 1.10. The van der Waals surface area contributed by atoms with E-state index in [4.69, 9.17) is 0 Å². The first-order valence-corrected chi connectivity index (χ1v) is 4.17. The van der Waals surface area contributed by atoms with Crippen molar-refractivity contribution in [2.24, 2.45) is 0 Å². The number of alkyl halides is 2. The minimum absolute atomic E-state index is 0.623. The maximum absolute atomic E-state index is 11.9. The molecule has 0 aliphatic heterocycles. The van der Waals surface area contributed by atoms with Crippen LogP contribution < -0.4 is 4.90 Å². The van der Waals surface area contributed by atoms with Gasteiger partial charge in [0.1, 0.15) is 0 Å². The van der Waals surface area contributed by atoms with Crippen molar-refractivity contribution in [3.05, 3.63) is 29.8 Å². The molecule has 1 nitrogen and oxygen atoms in total. The molecule has 0 saturated heterocycles. The first-order valence-electron chi connectivity index (χ1n) is 4.17. The molecule has 0 heterocycles. The molecule has 1 aromatic rings. The molecule has 0 saturated carbocycles. The SMILES string of the molecule is CN(C)c1ccccc1C#CC(F)F. The van der Waals surface area contributed by atoms with Gasteiger partial charge in [0.25, 0.3) is 6.43 Å². The summed E-state index contributed by atoms with van der Waals surface area (Å²) in [4.78, 5) is 1.84. The number of hydrogen-bond donors (Lipinski definition) is 0. The van der Waals surface area contributed by atoms with Gasteiger partial charge in [-0.15, -0.1) is 0 Å². The summed E-state index contributed by atoms with van der Waals surface area (Å²) in [5.41, 5.74) is 1.47. The average molecular weight is 195 g/mol. The predicted octanol–water partition coefficient (Wildman–Crippen LogP) is 2.37. The molecule has 3 heteroatoms. The smallest absolute Gasteiger partial charge is 0.299 e. The quantitative estimate of drug-likeness (QED) is 0.622. The first kappa shape index (κ1) is 10.5. The Hall–Kier alpha value is -1.56. The fourth-order valence-electron chi connectivity index (χ4n) is 1.10. The third-order valence-electron chi connectivity index (χ3n) is 1.70. The van der Waals surface area contributed by atoms with E-state index in [1.165, 1.54) is 0 Å². The molecule has 14 heavy (non-hydrogen) atoms. The third-order valence-corrected chi connectivity index (χ3v) is 1.70. The van der Waals surface area contributed by atoms with Gasteiger partial charge in [0, 0.05) is 19.7 Å². The van der Waals surface area contributed by atoms with Crippen molar-refractivity contribution in [3.63, 3.8) is 0 Å². The number of para-hydroxylation sites is 1. The van der Waals surface area contributed by atoms with Gasteiger partial charge in [-0.25, -0.2) is 0 Å². The predicted molar refractivity (Wildman–Crippen MR) is 53.7 cm³/mol. The van der Waals surface area contributed by atoms with Gasteiger partial charge >= 0.3 is 0 Å². The molecule has 0 atom stereocenters. The normalized spacial score (nSPS) is 9.50. The number of rotatable bonds is 1. The van der Waals surface area contributed by atoms with Gasteiger partial charge in [-0.1, -0.05) is 18.1 Å². The second-order valence-corrected chi connectivity index (χ2v) is 2.98. The fraction of sp³-hybridized carbons (Fsp3) is 0.273. The van der Waals surface area contributed by atoms with Crippen LogP contribution in [-0.2, 0) is 0 Å². The van der Waals surface area contributed by atoms with Gasteiger partial charge in [-0.05, 0) is 18.1 Å². The van der Waals surface area contributed by atoms with E-state index < -0.39 is 6.43 Å². The molecule has 0 aliphatic rings. The van der Waals surface area contributed by atoms with Crippen LogP contribution in [0.15, 0.2) is 24.3 Å². The summed E-state index contributed by atoms with van der Waals surface area (Å²) < 4.78 is 23.7. The molecule has 0 N–H and O–H groups in total. The molecule has 0 amide bonds. The highest BCUT2D eigenvalue weighted by Crippen LogP contribution is 2.16. The van der Waals surface area contributed by atoms with Crippen LogP contribution in [-0.4, -0.2) is 20.5 Å². The van der Waals surface area contributed by atoms with Crippen LogP contribution in [0.1, 0.15) is 5.56 Å². The van der Waals surface area contributed by atoms with E-state index >= 15 is 0 Å². The highest BCUT2D eigenvalue weighted by Gasteiger charge is 2.00. The summed E-state index contributed by atoms with van der Waals surface area (Å²) >= 11 is 0. The van der Waals surface area contributed by atoms with Gasteiger partial charge in [0.2, 0.25) is 0 Å². The lowest BCUT2D eigenvalue weighted by Crippen LogP contribution is -2.10. The van der Waals surface area contributed by atoms with Crippen molar-refractivity contribution < 1.29 is 8.78 Å². The van der Waals surface area contributed by atoms with Crippen molar-refractivity contribution in [1.82, 2.24) is 0 Å². The van der Waals surface area contributed by atoms with Crippen molar-refractivity contribution in [1.29, 1.82) is 0 Å². The lowest BCUT2D eigenvalue weighted by Gasteiger charge is -2.13. The Bertz CT molecular complexity index is 361. The van der Waals surface area contributed by atoms with Crippen LogP contribution in [0.25, 0.3) is 0 Å². The largest absolute Gasteiger partial charge is 0.377 e. The molecule has 1 aromatic carbocycles. The lowest BCUT2D eigenvalue weighted by molar-refractivity contribution is 0.215. The van der Waals surface area contributed by atoms with Crippen LogP contribution in [0, 0.1) is 11.8 Å². The third kappa shape index (κ3) is 2.74. The van der Waals surface area contributed by atoms with Crippen molar-refractivity contribution in [3.8, 4) is 11.8 Å². The molecule has 74 valence electrons. The Morgan fingerprint density at radius 2 is 1.86 bits per heavy atom. The number of nitrogens with zero attached hydrogens (tertiary/aromatic N) is 1. The summed E-state index contributed by atoms with van der Waals surface area (Å²) in [5.74, 6) is 4.30. The lowest BCUT2D eigenvalue weighted by atomic mass is 10.1. The minimum atomic E-state index is -2.58. The van der Waals surface area contributed by atoms with Crippen molar-refractivity contribution in [2.75, 3.05) is 19.0 Å². The van der Waals surface area contributed by atoms with Gasteiger partial charge in [0.05, 0.1) is 5.69 Å². The monoisotopic (exact) mass is 195 g/mol. The number of hydrogen-bond acceptors (Lipinski definition) is 1. The zero-order valence-electron chi connectivity index (χ0n) is 8.09. The van der Waals surface area contributed by atoms with E-state index in [0.717, 1.165) is 5.69 Å². The zero-order chi connectivity index (χ0) is 10.6. The van der Waals surface area contributed by atoms with Crippen LogP contribution >= 0.6 is 0 Å². The molecular weight excluding hydrogens is 184 g/mol. The van der Waals surface area contributed by atoms with Crippen LogP contribution in [0.5, 0.6) is 0 Å². The second kappa shape index (κ2) is 4.61. The van der Waals surface area contributed by atoms with Gasteiger partial charge in [-0.2, -0.15) is 8.78 Å². The summed E-state index contributed by atoms with van der Waals surface area (Å²) in [6, 6.07) is 7.20. The standard InChI is InChI=1S/C11H11F2N/c1-14(2)10-6-4-3-5-9(10)7-8-11(12)13/h3-6,11H,1-2H3. The molecule has 0 aliphatic carbocycles. The second-order valence-electron chi connectivity index (χ2n) is 2.98. The van der Waals surface area contributed by atoms with Crippen molar-refractivity contribution >= 4 is 5.69 Å². The maximum Gasteiger partial charge on any atom is 0.299 e. The van der Waals surface area contributed by atoms with E-state index in [0.29, 0.717) is 5.56 Å². The van der Waals surface area contributed by atoms with E-state index in [-0.39, 0.29) is 0 Å². The van der Waals surface area contributed by atoms with Crippen LogP contribution in [0.3, 0.4) is 0 Å². The molecule has 0 unspecified atom stereocenters. The van der Waals surface area contributed by atoms with Crippen LogP contribution in [0.2, 0.25) is 0 Å². The minimum Gasteiger partial charge on any atom is -0.377 e. The summed E-state index contributed by atoms with van der Waals surface area (Å²) in [6.45, 7) is 0. The van der Waals surface area contributed by atoms with Crippen LogP contribution in [0.4, 0.5) is 14.5 Å². The molecule has 0 aromatic heterocycles. The Kier molecular flexibility index (Phi) is 3.47. The molecule has 0 spiro atoms. The average Bonchev–Trinajstić information content (AvgIpc) is 2.15. The number of benzene rings is 1. The van der Waals surface area contributed by atoms with Gasteiger partial charge in [0.15, 0.2) is 0 Å². The molecule has 0 bridgehead atoms. The Morgan fingerprint density at radius 1 is 1.21 bits per heavy atom. The van der Waals surface area contributed by atoms with E-state index in [2.05, 4.69) is 5.92 Å². The van der Waals surface area contributed by atoms with Crippen molar-refractivity contribution in [2.45, 2.75) is 6.43 Å². The zero-order valence-corrected chi connectivity index (χ0v) is 8.09. The topological polar surface area (TPSA) is 3.24 Å². The van der Waals surface area contributed by atoms with Gasteiger partial charge < -0.3 is 4.90 Å². The molecule has 1 rings (SSSR count). The Labute approximate surface area is 82.3 Å². The number of halogens is 2. The Balaban J connectivity index is 3.04. The highest BCUT2D eigenvalue weighted by molar-refractivity contribution is 5.59. The van der Waals surface area contributed by atoms with E-state index in [9.17, 15) is 8.78 Å². The summed E-state index contributed by atoms with van der Waals surface area (Å²) in [6.07, 6.45) is -2.58. The molecular formula is C11H11F2N. The maximum atomic E-state index is 11.9. The molecule has 0 fully saturated rings. The summed E-state index contributed by atoms with van der Waals surface area (Å²) in [5, 5.41) is 0. The van der Waals surface area contributed by atoms with Gasteiger partial charge in [-0.3, -0.25) is 0 Å². The first-order chi connectivity index (χ1) is 6.61. The highest BCUT2D eigenvalue weighted by atomic mass is 19.3. The van der Waals surface area contributed by atoms with E-state index in [1.54, 1.807) is 12.1 Å². The Morgan fingerprint density at radius 3 is 2.43 bits per heavy atom. The summed E-state index contributed by atoms with van der Waals surface area (Å²) in [7, 11) is 3.70. The number of anilines is 1. The molecule has 0 radical (unpaired) electrons. The van der Waals surface area contributed by atoms with E-state index in [1.807, 2.05) is 37.0 Å².